The first kappa shape index (κ1) is 26.5. The summed E-state index contributed by atoms with van der Waals surface area (Å²) in [6.07, 6.45) is -0.146. The third kappa shape index (κ3) is 6.34. The molecule has 0 aliphatic carbocycles. The lowest BCUT2D eigenvalue weighted by Crippen LogP contribution is -2.41. The second-order valence-electron chi connectivity index (χ2n) is 8.18. The number of carbonyl (C=O) groups is 3. The van der Waals surface area contributed by atoms with E-state index in [2.05, 4.69) is 15.0 Å². The molecule has 13 heteroatoms. The molecule has 3 heterocycles. The Bertz CT molecular complexity index is 1120. The number of H-pyrrole nitrogens is 1. The van der Waals surface area contributed by atoms with Crippen LogP contribution >= 0.6 is 12.2 Å². The van der Waals surface area contributed by atoms with E-state index >= 15 is 0 Å². The van der Waals surface area contributed by atoms with Crippen LogP contribution in [-0.2, 0) is 33.3 Å². The number of aromatic amines is 1. The molecule has 1 aliphatic heterocycles. The first-order chi connectivity index (χ1) is 16.8. The van der Waals surface area contributed by atoms with Gasteiger partial charge in [-0.3, -0.25) is 19.0 Å². The molecule has 35 heavy (non-hydrogen) atoms. The van der Waals surface area contributed by atoms with Crippen molar-refractivity contribution in [1.29, 1.82) is 0 Å². The minimum Gasteiger partial charge on any atom is -0.463 e. The van der Waals surface area contributed by atoms with Gasteiger partial charge in [-0.05, 0) is 19.3 Å². The predicted octanol–water partition coefficient (Wildman–Crippen LogP) is 2.74. The fourth-order valence-corrected chi connectivity index (χ4v) is 4.01. The number of nitrogens with zero attached hydrogens (tertiary/aromatic N) is 3. The van der Waals surface area contributed by atoms with Gasteiger partial charge in [-0.25, -0.2) is 9.97 Å². The van der Waals surface area contributed by atoms with Gasteiger partial charge in [0.25, 0.3) is 0 Å². The van der Waals surface area contributed by atoms with E-state index in [4.69, 9.17) is 36.9 Å². The lowest BCUT2D eigenvalue weighted by Gasteiger charge is -2.25. The molecule has 2 aromatic heterocycles. The molecule has 4 atom stereocenters. The highest BCUT2D eigenvalue weighted by Crippen LogP contribution is 2.36. The van der Waals surface area contributed by atoms with E-state index < -0.39 is 42.4 Å². The van der Waals surface area contributed by atoms with Gasteiger partial charge in [0.05, 0.1) is 6.33 Å². The highest BCUT2D eigenvalue weighted by molar-refractivity contribution is 7.71. The summed E-state index contributed by atoms with van der Waals surface area (Å²) in [7, 11) is 0. The summed E-state index contributed by atoms with van der Waals surface area (Å²) in [4.78, 5) is 48.2. The molecule has 2 aromatic rings. The second-order valence-corrected chi connectivity index (χ2v) is 8.57. The standard InChI is InChI=1S/C22H31N5O7S/c1-4-7-13(28)31-10-12-17(33-14(29)8-5-2)18(34-15(30)9-6-3)21(32-12)27-11-24-16-19(27)25-22(23)26-20(16)35/h11-12,17-18,21H,4-10H2,1-3H3,(H3,23,25,26,35)/t12-,17+,18+,21-/m1/s1. The third-order valence-corrected chi connectivity index (χ3v) is 5.62. The highest BCUT2D eigenvalue weighted by atomic mass is 32.1. The van der Waals surface area contributed by atoms with Crippen LogP contribution in [0.5, 0.6) is 0 Å². The van der Waals surface area contributed by atoms with Crippen molar-refractivity contribution in [3.05, 3.63) is 11.0 Å². The van der Waals surface area contributed by atoms with Crippen LogP contribution in [0.25, 0.3) is 11.2 Å². The van der Waals surface area contributed by atoms with Crippen molar-refractivity contribution in [3.63, 3.8) is 0 Å². The van der Waals surface area contributed by atoms with E-state index in [-0.39, 0.29) is 36.5 Å². The molecule has 0 spiro atoms. The average Bonchev–Trinajstić information content (AvgIpc) is 3.34. The molecule has 0 aromatic carbocycles. The Morgan fingerprint density at radius 2 is 1.66 bits per heavy atom. The fourth-order valence-electron chi connectivity index (χ4n) is 3.76. The summed E-state index contributed by atoms with van der Waals surface area (Å²) in [6.45, 7) is 5.36. The van der Waals surface area contributed by atoms with Gasteiger partial charge in [-0.2, -0.15) is 0 Å². The van der Waals surface area contributed by atoms with Crippen LogP contribution in [0.3, 0.4) is 0 Å². The number of hydrogen-bond acceptors (Lipinski definition) is 11. The Hall–Kier alpha value is -3.06. The van der Waals surface area contributed by atoms with Crippen molar-refractivity contribution in [3.8, 4) is 0 Å². The van der Waals surface area contributed by atoms with Gasteiger partial charge < -0.3 is 29.7 Å². The third-order valence-electron chi connectivity index (χ3n) is 5.33. The minimum absolute atomic E-state index is 0.0674. The van der Waals surface area contributed by atoms with Gasteiger partial charge in [0.2, 0.25) is 0 Å². The number of rotatable bonds is 11. The predicted molar refractivity (Wildman–Crippen MR) is 126 cm³/mol. The van der Waals surface area contributed by atoms with Crippen LogP contribution in [0, 0.1) is 4.64 Å². The molecule has 0 unspecified atom stereocenters. The monoisotopic (exact) mass is 509 g/mol. The molecule has 1 saturated heterocycles. The molecule has 1 fully saturated rings. The quantitative estimate of drug-likeness (QED) is 0.260. The maximum atomic E-state index is 12.5. The number of carbonyl (C=O) groups excluding carboxylic acids is 3. The molecule has 192 valence electrons. The van der Waals surface area contributed by atoms with Crippen molar-refractivity contribution in [2.24, 2.45) is 0 Å². The first-order valence-corrected chi connectivity index (χ1v) is 12.1. The van der Waals surface area contributed by atoms with Gasteiger partial charge >= 0.3 is 17.9 Å². The van der Waals surface area contributed by atoms with Gasteiger partial charge in [-0.15, -0.1) is 0 Å². The Morgan fingerprint density at radius 1 is 1.06 bits per heavy atom. The van der Waals surface area contributed by atoms with Crippen molar-refractivity contribution in [2.75, 3.05) is 12.3 Å². The zero-order valence-corrected chi connectivity index (χ0v) is 20.8. The summed E-state index contributed by atoms with van der Waals surface area (Å²) >= 11 is 5.25. The first-order valence-electron chi connectivity index (χ1n) is 11.7. The summed E-state index contributed by atoms with van der Waals surface area (Å²) < 4.78 is 24.7. The topological polar surface area (TPSA) is 161 Å². The Kier molecular flexibility index (Phi) is 9.15. The van der Waals surface area contributed by atoms with E-state index in [0.29, 0.717) is 30.4 Å². The zero-order valence-electron chi connectivity index (χ0n) is 20.0. The molecular weight excluding hydrogens is 478 g/mol. The number of fused-ring (bicyclic) bond motifs is 1. The number of anilines is 1. The van der Waals surface area contributed by atoms with E-state index in [9.17, 15) is 14.4 Å². The number of ether oxygens (including phenoxy) is 4. The number of aromatic nitrogens is 4. The molecule has 0 amide bonds. The zero-order chi connectivity index (χ0) is 25.5. The largest absolute Gasteiger partial charge is 0.463 e. The average molecular weight is 510 g/mol. The second kappa shape index (κ2) is 12.1. The van der Waals surface area contributed by atoms with Crippen LogP contribution in [0.15, 0.2) is 6.33 Å². The summed E-state index contributed by atoms with van der Waals surface area (Å²) in [5.41, 5.74) is 6.61. The molecule has 3 rings (SSSR count). The van der Waals surface area contributed by atoms with Crippen LogP contribution in [-0.4, -0.2) is 62.3 Å². The van der Waals surface area contributed by atoms with Crippen LogP contribution in [0.4, 0.5) is 5.95 Å². The molecule has 1 aliphatic rings. The van der Waals surface area contributed by atoms with Gasteiger partial charge in [0, 0.05) is 19.3 Å². The molecule has 0 bridgehead atoms. The van der Waals surface area contributed by atoms with Gasteiger partial charge in [0.15, 0.2) is 29.0 Å². The van der Waals surface area contributed by atoms with E-state index in [1.165, 1.54) is 6.33 Å². The Labute approximate surface area is 207 Å². The number of nitrogen functional groups attached to an aromatic ring is 1. The van der Waals surface area contributed by atoms with Gasteiger partial charge in [-0.1, -0.05) is 33.0 Å². The van der Waals surface area contributed by atoms with Crippen LogP contribution < -0.4 is 5.73 Å². The van der Waals surface area contributed by atoms with Gasteiger partial charge in [0.1, 0.15) is 23.9 Å². The Balaban J connectivity index is 2.01. The Morgan fingerprint density at radius 3 is 2.29 bits per heavy atom. The van der Waals surface area contributed by atoms with Crippen molar-refractivity contribution in [2.45, 2.75) is 83.8 Å². The normalized spacial score (nSPS) is 21.7. The number of imidazole rings is 1. The number of nitrogens with two attached hydrogens (primary N) is 1. The summed E-state index contributed by atoms with van der Waals surface area (Å²) in [6, 6.07) is 0. The van der Waals surface area contributed by atoms with Crippen LogP contribution in [0.2, 0.25) is 0 Å². The van der Waals surface area contributed by atoms with Crippen molar-refractivity contribution < 1.29 is 33.3 Å². The molecule has 3 N–H and O–H groups in total. The minimum atomic E-state index is -1.04. The van der Waals surface area contributed by atoms with E-state index in [1.54, 1.807) is 4.57 Å². The highest BCUT2D eigenvalue weighted by Gasteiger charge is 2.51. The van der Waals surface area contributed by atoms with Crippen molar-refractivity contribution in [1.82, 2.24) is 19.5 Å². The lowest BCUT2D eigenvalue weighted by molar-refractivity contribution is -0.169. The van der Waals surface area contributed by atoms with E-state index in [1.807, 2.05) is 20.8 Å². The maximum Gasteiger partial charge on any atom is 0.306 e. The SMILES string of the molecule is CCCC(=O)OC[C@H]1O[C@@H](n2cnc3c(=S)nc(N)[nH]c32)[C@@H](OC(=O)CCC)[C@H]1OC(=O)CCC. The molecule has 0 radical (unpaired) electrons. The maximum absolute atomic E-state index is 12.5. The van der Waals surface area contributed by atoms with Crippen LogP contribution in [0.1, 0.15) is 65.5 Å². The van der Waals surface area contributed by atoms with Crippen molar-refractivity contribution >= 4 is 47.2 Å². The molecule has 12 nitrogen and oxygen atoms in total. The van der Waals surface area contributed by atoms with E-state index in [0.717, 1.165) is 0 Å². The fraction of sp³-hybridized carbons (Fsp3) is 0.636. The summed E-state index contributed by atoms with van der Waals surface area (Å²) in [5, 5.41) is 0. The summed E-state index contributed by atoms with van der Waals surface area (Å²) in [5.74, 6) is -1.30. The number of nitrogens with one attached hydrogen (secondary N) is 1. The molecule has 0 saturated carbocycles. The smallest absolute Gasteiger partial charge is 0.306 e. The molecular formula is C22H31N5O7S. The lowest BCUT2D eigenvalue weighted by atomic mass is 10.1. The number of hydrogen-bond donors (Lipinski definition) is 2. The number of esters is 3.